The molecule has 2 rings (SSSR count). The van der Waals surface area contributed by atoms with Crippen LogP contribution in [-0.2, 0) is 4.79 Å². The van der Waals surface area contributed by atoms with Crippen molar-refractivity contribution >= 4 is 11.6 Å². The van der Waals surface area contributed by atoms with Crippen LogP contribution >= 0.6 is 0 Å². The number of hydrogen-bond donors (Lipinski definition) is 2. The maximum Gasteiger partial charge on any atom is 0.239 e. The lowest BCUT2D eigenvalue weighted by molar-refractivity contribution is -0.119. The third kappa shape index (κ3) is 3.80. The van der Waals surface area contributed by atoms with Gasteiger partial charge in [0.2, 0.25) is 5.91 Å². The lowest BCUT2D eigenvalue weighted by atomic mass is 10.2. The van der Waals surface area contributed by atoms with Gasteiger partial charge in [0.05, 0.1) is 18.2 Å². The van der Waals surface area contributed by atoms with Gasteiger partial charge >= 0.3 is 0 Å². The predicted molar refractivity (Wildman–Crippen MR) is 65.4 cm³/mol. The summed E-state index contributed by atoms with van der Waals surface area (Å²) in [5, 5.41) is 14.6. The normalized spacial score (nSPS) is 13.8. The number of nitrogens with zero attached hydrogens (tertiary/aromatic N) is 1. The number of benzene rings is 1. The van der Waals surface area contributed by atoms with Crippen LogP contribution < -0.4 is 10.6 Å². The number of nitrogens with one attached hydrogen (secondary N) is 2. The fraction of sp³-hybridized carbons (Fsp3) is 0.385. The predicted octanol–water partition coefficient (Wildman–Crippen LogP) is 1.50. The van der Waals surface area contributed by atoms with Gasteiger partial charge in [-0.3, -0.25) is 4.79 Å². The zero-order chi connectivity index (χ0) is 12.1. The lowest BCUT2D eigenvalue weighted by Gasteiger charge is -2.07. The van der Waals surface area contributed by atoms with Crippen LogP contribution in [0.25, 0.3) is 0 Å². The number of rotatable bonds is 5. The Balaban J connectivity index is 1.76. The molecule has 17 heavy (non-hydrogen) atoms. The van der Waals surface area contributed by atoms with Crippen molar-refractivity contribution < 1.29 is 4.79 Å². The Hall–Kier alpha value is -2.02. The summed E-state index contributed by atoms with van der Waals surface area (Å²) in [4.78, 5) is 11.5. The topological polar surface area (TPSA) is 64.9 Å². The summed E-state index contributed by atoms with van der Waals surface area (Å²) < 4.78 is 0. The zero-order valence-electron chi connectivity index (χ0n) is 9.57. The summed E-state index contributed by atoms with van der Waals surface area (Å²) in [6.45, 7) is 1.04. The van der Waals surface area contributed by atoms with Crippen molar-refractivity contribution in [3.05, 3.63) is 29.8 Å². The first-order valence-corrected chi connectivity index (χ1v) is 5.78. The van der Waals surface area contributed by atoms with Crippen LogP contribution in [-0.4, -0.2) is 19.0 Å². The van der Waals surface area contributed by atoms with E-state index in [1.165, 1.54) is 12.8 Å². The minimum atomic E-state index is -0.000685. The number of carbonyl (C=O) groups is 1. The molecule has 4 heteroatoms. The third-order valence-corrected chi connectivity index (χ3v) is 2.73. The van der Waals surface area contributed by atoms with Crippen LogP contribution in [0.5, 0.6) is 0 Å². The van der Waals surface area contributed by atoms with E-state index in [4.69, 9.17) is 5.26 Å². The van der Waals surface area contributed by atoms with Crippen LogP contribution in [0.3, 0.4) is 0 Å². The number of anilines is 1. The summed E-state index contributed by atoms with van der Waals surface area (Å²) >= 11 is 0. The van der Waals surface area contributed by atoms with Gasteiger partial charge in [0.1, 0.15) is 0 Å². The van der Waals surface area contributed by atoms with E-state index in [-0.39, 0.29) is 12.5 Å². The molecular weight excluding hydrogens is 214 g/mol. The molecule has 0 spiro atoms. The molecule has 0 unspecified atom stereocenters. The lowest BCUT2D eigenvalue weighted by Crippen LogP contribution is -2.31. The smallest absolute Gasteiger partial charge is 0.239 e. The highest BCUT2D eigenvalue weighted by atomic mass is 16.1. The van der Waals surface area contributed by atoms with Crippen molar-refractivity contribution in [3.8, 4) is 6.07 Å². The number of carbonyl (C=O) groups excluding carboxylic acids is 1. The largest absolute Gasteiger partial charge is 0.376 e. The molecule has 1 saturated carbocycles. The summed E-state index contributed by atoms with van der Waals surface area (Å²) in [6.07, 6.45) is 2.47. The average molecular weight is 229 g/mol. The summed E-state index contributed by atoms with van der Waals surface area (Å²) in [5.74, 6) is 0.695. The number of amides is 1. The van der Waals surface area contributed by atoms with Crippen molar-refractivity contribution in [2.24, 2.45) is 5.92 Å². The standard InChI is InChI=1S/C13H15N3O/c14-7-11-2-1-3-12(6-11)15-9-13(17)16-8-10-4-5-10/h1-3,6,10,15H,4-5,8-9H2,(H,16,17). The van der Waals surface area contributed by atoms with E-state index >= 15 is 0 Å². The fourth-order valence-corrected chi connectivity index (χ4v) is 1.52. The van der Waals surface area contributed by atoms with Crippen molar-refractivity contribution in [3.63, 3.8) is 0 Å². The minimum Gasteiger partial charge on any atom is -0.376 e. The maximum atomic E-state index is 11.5. The molecule has 0 atom stereocenters. The molecule has 0 radical (unpaired) electrons. The number of nitriles is 1. The SMILES string of the molecule is N#Cc1cccc(NCC(=O)NCC2CC2)c1. The van der Waals surface area contributed by atoms with Crippen LogP contribution in [0.15, 0.2) is 24.3 Å². The molecular formula is C13H15N3O. The molecule has 4 nitrogen and oxygen atoms in total. The summed E-state index contributed by atoms with van der Waals surface area (Å²) in [5.41, 5.74) is 1.39. The Morgan fingerprint density at radius 1 is 1.47 bits per heavy atom. The maximum absolute atomic E-state index is 11.5. The second kappa shape index (κ2) is 5.35. The Morgan fingerprint density at radius 2 is 2.29 bits per heavy atom. The van der Waals surface area contributed by atoms with Crippen LogP contribution in [0.1, 0.15) is 18.4 Å². The Bertz CT molecular complexity index is 446. The van der Waals surface area contributed by atoms with Gasteiger partial charge in [0, 0.05) is 12.2 Å². The van der Waals surface area contributed by atoms with Gasteiger partial charge in [-0.25, -0.2) is 0 Å². The molecule has 0 bridgehead atoms. The molecule has 1 fully saturated rings. The van der Waals surface area contributed by atoms with Gasteiger partial charge < -0.3 is 10.6 Å². The van der Waals surface area contributed by atoms with Crippen molar-refractivity contribution in [1.82, 2.24) is 5.32 Å². The van der Waals surface area contributed by atoms with Crippen molar-refractivity contribution in [2.75, 3.05) is 18.4 Å². The van der Waals surface area contributed by atoms with E-state index in [0.717, 1.165) is 12.2 Å². The minimum absolute atomic E-state index is 0.000685. The molecule has 1 aromatic rings. The van der Waals surface area contributed by atoms with E-state index in [0.29, 0.717) is 11.5 Å². The molecule has 0 saturated heterocycles. The Morgan fingerprint density at radius 3 is 3.00 bits per heavy atom. The molecule has 0 aliphatic heterocycles. The van der Waals surface area contributed by atoms with E-state index in [2.05, 4.69) is 16.7 Å². The second-order valence-electron chi connectivity index (χ2n) is 4.29. The van der Waals surface area contributed by atoms with E-state index in [1.54, 1.807) is 18.2 Å². The molecule has 1 aliphatic carbocycles. The molecule has 2 N–H and O–H groups in total. The highest BCUT2D eigenvalue weighted by Gasteiger charge is 2.21. The number of hydrogen-bond acceptors (Lipinski definition) is 3. The highest BCUT2D eigenvalue weighted by molar-refractivity contribution is 5.80. The second-order valence-corrected chi connectivity index (χ2v) is 4.29. The van der Waals surface area contributed by atoms with Crippen LogP contribution in [0.2, 0.25) is 0 Å². The highest BCUT2D eigenvalue weighted by Crippen LogP contribution is 2.27. The zero-order valence-corrected chi connectivity index (χ0v) is 9.57. The van der Waals surface area contributed by atoms with Crippen LogP contribution in [0.4, 0.5) is 5.69 Å². The van der Waals surface area contributed by atoms with E-state index in [9.17, 15) is 4.79 Å². The average Bonchev–Trinajstić information content (AvgIpc) is 3.18. The molecule has 1 amide bonds. The van der Waals surface area contributed by atoms with Gasteiger partial charge in [-0.15, -0.1) is 0 Å². The van der Waals surface area contributed by atoms with Gasteiger partial charge in [-0.1, -0.05) is 6.07 Å². The molecule has 0 aromatic heterocycles. The molecule has 1 aromatic carbocycles. The summed E-state index contributed by atoms with van der Waals surface area (Å²) in [6, 6.07) is 9.16. The van der Waals surface area contributed by atoms with Crippen molar-refractivity contribution in [1.29, 1.82) is 5.26 Å². The monoisotopic (exact) mass is 229 g/mol. The first-order valence-electron chi connectivity index (χ1n) is 5.78. The first-order chi connectivity index (χ1) is 8.28. The Labute approximate surface area is 101 Å². The van der Waals surface area contributed by atoms with E-state index < -0.39 is 0 Å². The van der Waals surface area contributed by atoms with Gasteiger partial charge in [0.25, 0.3) is 0 Å². The molecule has 1 aliphatic rings. The first kappa shape index (κ1) is 11.5. The third-order valence-electron chi connectivity index (χ3n) is 2.73. The van der Waals surface area contributed by atoms with E-state index in [1.807, 2.05) is 6.07 Å². The Kier molecular flexibility index (Phi) is 3.61. The molecule has 0 heterocycles. The summed E-state index contributed by atoms with van der Waals surface area (Å²) in [7, 11) is 0. The fourth-order valence-electron chi connectivity index (χ4n) is 1.52. The van der Waals surface area contributed by atoms with Crippen molar-refractivity contribution in [2.45, 2.75) is 12.8 Å². The molecule has 88 valence electrons. The van der Waals surface area contributed by atoms with Gasteiger partial charge in [-0.05, 0) is 37.0 Å². The van der Waals surface area contributed by atoms with Gasteiger partial charge in [0.15, 0.2) is 0 Å². The van der Waals surface area contributed by atoms with Crippen LogP contribution in [0, 0.1) is 17.2 Å². The van der Waals surface area contributed by atoms with Gasteiger partial charge in [-0.2, -0.15) is 5.26 Å². The quantitative estimate of drug-likeness (QED) is 0.804.